The third kappa shape index (κ3) is 2.88. The van der Waals surface area contributed by atoms with Crippen molar-refractivity contribution in [2.45, 2.75) is 17.8 Å². The predicted octanol–water partition coefficient (Wildman–Crippen LogP) is 2.93. The Hall–Kier alpha value is -1.73. The van der Waals surface area contributed by atoms with E-state index in [1.54, 1.807) is 27.8 Å². The fourth-order valence-electron chi connectivity index (χ4n) is 1.77. The smallest absolute Gasteiger partial charge is 0.209 e. The maximum atomic E-state index is 4.67. The van der Waals surface area contributed by atoms with Crippen LogP contribution in [0.4, 0.5) is 0 Å². The van der Waals surface area contributed by atoms with Crippen molar-refractivity contribution in [3.05, 3.63) is 40.9 Å². The second-order valence-electron chi connectivity index (χ2n) is 4.39. The Bertz CT molecular complexity index is 719. The van der Waals surface area contributed by atoms with Gasteiger partial charge in [0.25, 0.3) is 0 Å². The van der Waals surface area contributed by atoms with Gasteiger partial charge >= 0.3 is 0 Å². The second kappa shape index (κ2) is 5.72. The third-order valence-electron chi connectivity index (χ3n) is 2.75. The van der Waals surface area contributed by atoms with Crippen LogP contribution in [0.2, 0.25) is 0 Å². The van der Waals surface area contributed by atoms with E-state index in [-0.39, 0.29) is 0 Å². The Kier molecular flexibility index (Phi) is 3.79. The molecule has 102 valence electrons. The minimum Gasteiger partial charge on any atom is -0.240 e. The molecular weight excluding hydrogens is 290 g/mol. The van der Waals surface area contributed by atoms with Crippen LogP contribution in [0.1, 0.15) is 11.3 Å². The average molecular weight is 303 g/mol. The molecule has 0 aliphatic carbocycles. The summed E-state index contributed by atoms with van der Waals surface area (Å²) in [4.78, 5) is 4.67. The Labute approximate surface area is 125 Å². The van der Waals surface area contributed by atoms with Gasteiger partial charge < -0.3 is 0 Å². The summed E-state index contributed by atoms with van der Waals surface area (Å²) in [7, 11) is 1.83. The molecule has 20 heavy (non-hydrogen) atoms. The molecular formula is C13H13N5S2. The zero-order valence-corrected chi connectivity index (χ0v) is 12.8. The van der Waals surface area contributed by atoms with E-state index < -0.39 is 0 Å². The van der Waals surface area contributed by atoms with E-state index in [9.17, 15) is 0 Å². The van der Waals surface area contributed by atoms with E-state index in [1.165, 1.54) is 11.1 Å². The highest BCUT2D eigenvalue weighted by Gasteiger charge is 2.08. The molecule has 7 heteroatoms. The van der Waals surface area contributed by atoms with Gasteiger partial charge in [0.1, 0.15) is 5.01 Å². The van der Waals surface area contributed by atoms with Gasteiger partial charge in [-0.2, -0.15) is 0 Å². The van der Waals surface area contributed by atoms with Crippen LogP contribution in [-0.2, 0) is 12.8 Å². The topological polar surface area (TPSA) is 56.5 Å². The maximum absolute atomic E-state index is 4.67. The Morgan fingerprint density at radius 2 is 2.25 bits per heavy atom. The van der Waals surface area contributed by atoms with E-state index in [1.807, 2.05) is 7.05 Å². The molecule has 0 amide bonds. The van der Waals surface area contributed by atoms with Crippen molar-refractivity contribution in [3.8, 4) is 10.6 Å². The Morgan fingerprint density at radius 1 is 1.35 bits per heavy atom. The van der Waals surface area contributed by atoms with Crippen LogP contribution in [0, 0.1) is 6.92 Å². The molecule has 0 saturated carbocycles. The lowest BCUT2D eigenvalue weighted by Crippen LogP contribution is -1.93. The average Bonchev–Trinajstić information content (AvgIpc) is 3.05. The monoisotopic (exact) mass is 303 g/mol. The molecule has 0 aliphatic heterocycles. The van der Waals surface area contributed by atoms with Crippen molar-refractivity contribution in [2.75, 3.05) is 0 Å². The highest BCUT2D eigenvalue weighted by Crippen LogP contribution is 2.27. The first-order chi connectivity index (χ1) is 9.72. The molecule has 0 bridgehead atoms. The maximum Gasteiger partial charge on any atom is 0.209 e. The van der Waals surface area contributed by atoms with Gasteiger partial charge in [0.05, 0.1) is 5.69 Å². The van der Waals surface area contributed by atoms with Crippen LogP contribution in [0.5, 0.6) is 0 Å². The number of hydrogen-bond acceptors (Lipinski definition) is 6. The minimum atomic E-state index is 0.774. The van der Waals surface area contributed by atoms with E-state index in [0.717, 1.165) is 21.6 Å². The zero-order valence-electron chi connectivity index (χ0n) is 11.1. The number of rotatable bonds is 4. The third-order valence-corrected chi connectivity index (χ3v) is 4.73. The van der Waals surface area contributed by atoms with Crippen molar-refractivity contribution in [1.82, 2.24) is 25.2 Å². The number of nitrogens with zero attached hydrogens (tertiary/aromatic N) is 5. The predicted molar refractivity (Wildman–Crippen MR) is 80.6 cm³/mol. The molecule has 0 radical (unpaired) electrons. The normalized spacial score (nSPS) is 10.9. The molecule has 2 heterocycles. The van der Waals surface area contributed by atoms with Gasteiger partial charge in [-0.3, -0.25) is 0 Å². The van der Waals surface area contributed by atoms with Gasteiger partial charge in [0.2, 0.25) is 5.16 Å². The van der Waals surface area contributed by atoms with Crippen molar-refractivity contribution in [3.63, 3.8) is 0 Å². The highest BCUT2D eigenvalue weighted by molar-refractivity contribution is 7.98. The molecule has 0 unspecified atom stereocenters. The van der Waals surface area contributed by atoms with Gasteiger partial charge in [0.15, 0.2) is 0 Å². The molecule has 0 fully saturated rings. The summed E-state index contributed by atoms with van der Waals surface area (Å²) in [6, 6.07) is 8.40. The van der Waals surface area contributed by atoms with Gasteiger partial charge in [-0.1, -0.05) is 35.5 Å². The summed E-state index contributed by atoms with van der Waals surface area (Å²) in [5, 5.41) is 15.3. The van der Waals surface area contributed by atoms with Crippen LogP contribution in [-0.4, -0.2) is 25.2 Å². The molecule has 0 N–H and O–H groups in total. The van der Waals surface area contributed by atoms with Crippen LogP contribution < -0.4 is 0 Å². The Morgan fingerprint density at radius 3 is 3.00 bits per heavy atom. The van der Waals surface area contributed by atoms with Crippen LogP contribution >= 0.6 is 23.1 Å². The minimum absolute atomic E-state index is 0.774. The lowest BCUT2D eigenvalue weighted by Gasteiger charge is -1.98. The quantitative estimate of drug-likeness (QED) is 0.694. The van der Waals surface area contributed by atoms with Crippen molar-refractivity contribution >= 4 is 23.1 Å². The van der Waals surface area contributed by atoms with Gasteiger partial charge in [0, 0.05) is 23.7 Å². The van der Waals surface area contributed by atoms with Gasteiger partial charge in [-0.15, -0.1) is 16.4 Å². The summed E-state index contributed by atoms with van der Waals surface area (Å²) in [6.45, 7) is 2.09. The molecule has 1 aromatic carbocycles. The number of benzene rings is 1. The van der Waals surface area contributed by atoms with E-state index in [2.05, 4.69) is 57.1 Å². The molecule has 5 nitrogen and oxygen atoms in total. The van der Waals surface area contributed by atoms with Crippen LogP contribution in [0.25, 0.3) is 10.6 Å². The fraction of sp³-hybridized carbons (Fsp3) is 0.231. The summed E-state index contributed by atoms with van der Waals surface area (Å²) in [6.07, 6.45) is 0. The first kappa shape index (κ1) is 13.3. The number of thioether (sulfide) groups is 1. The Balaban J connectivity index is 1.72. The van der Waals surface area contributed by atoms with E-state index >= 15 is 0 Å². The largest absolute Gasteiger partial charge is 0.240 e. The van der Waals surface area contributed by atoms with Gasteiger partial charge in [-0.05, 0) is 23.4 Å². The first-order valence-corrected chi connectivity index (χ1v) is 7.95. The SMILES string of the molecule is Cc1cccc(-c2nc(CSc3nnnn3C)cs2)c1. The van der Waals surface area contributed by atoms with E-state index in [4.69, 9.17) is 0 Å². The molecule has 3 aromatic rings. The fourth-order valence-corrected chi connectivity index (χ4v) is 3.43. The van der Waals surface area contributed by atoms with Crippen molar-refractivity contribution < 1.29 is 0 Å². The number of hydrogen-bond donors (Lipinski definition) is 0. The summed E-state index contributed by atoms with van der Waals surface area (Å²) in [5.74, 6) is 0.774. The van der Waals surface area contributed by atoms with Crippen LogP contribution in [0.15, 0.2) is 34.8 Å². The highest BCUT2D eigenvalue weighted by atomic mass is 32.2. The standard InChI is InChI=1S/C13H13N5S2/c1-9-4-3-5-10(6-9)12-14-11(7-19-12)8-20-13-15-16-17-18(13)2/h3-7H,8H2,1-2H3. The van der Waals surface area contributed by atoms with E-state index in [0.29, 0.717) is 0 Å². The van der Waals surface area contributed by atoms with Crippen LogP contribution in [0.3, 0.4) is 0 Å². The number of aromatic nitrogens is 5. The molecule has 0 atom stereocenters. The summed E-state index contributed by atoms with van der Waals surface area (Å²) >= 11 is 3.26. The lowest BCUT2D eigenvalue weighted by atomic mass is 10.1. The van der Waals surface area contributed by atoms with Crippen molar-refractivity contribution in [1.29, 1.82) is 0 Å². The molecule has 0 aliphatic rings. The molecule has 2 aromatic heterocycles. The second-order valence-corrected chi connectivity index (χ2v) is 6.19. The number of thiazole rings is 1. The lowest BCUT2D eigenvalue weighted by molar-refractivity contribution is 0.664. The molecule has 3 rings (SSSR count). The number of tetrazole rings is 1. The summed E-state index contributed by atoms with van der Waals surface area (Å²) < 4.78 is 1.67. The zero-order chi connectivity index (χ0) is 13.9. The number of aryl methyl sites for hydroxylation is 2. The molecule has 0 saturated heterocycles. The molecule has 0 spiro atoms. The van der Waals surface area contributed by atoms with Crippen molar-refractivity contribution in [2.24, 2.45) is 7.05 Å². The first-order valence-electron chi connectivity index (χ1n) is 6.09. The summed E-state index contributed by atoms with van der Waals surface area (Å²) in [5.41, 5.74) is 3.48. The van der Waals surface area contributed by atoms with Gasteiger partial charge in [-0.25, -0.2) is 9.67 Å².